The zero-order valence-electron chi connectivity index (χ0n) is 11.1. The van der Waals surface area contributed by atoms with Crippen molar-refractivity contribution in [1.82, 2.24) is 5.32 Å². The van der Waals surface area contributed by atoms with Gasteiger partial charge in [0.15, 0.2) is 0 Å². The molecule has 0 aliphatic heterocycles. The maximum absolute atomic E-state index is 12.2. The van der Waals surface area contributed by atoms with Crippen molar-refractivity contribution in [2.75, 3.05) is 12.4 Å². The van der Waals surface area contributed by atoms with E-state index in [1.807, 2.05) is 0 Å². The van der Waals surface area contributed by atoms with E-state index in [0.29, 0.717) is 21.8 Å². The Kier molecular flexibility index (Phi) is 5.19. The van der Waals surface area contributed by atoms with Crippen molar-refractivity contribution in [3.8, 4) is 0 Å². The Morgan fingerprint density at radius 1 is 1.10 bits per heavy atom. The Bertz CT molecular complexity index is 704. The third-order valence-electron chi connectivity index (χ3n) is 2.83. The molecule has 4 nitrogen and oxygen atoms in total. The number of rotatable bonds is 3. The van der Waals surface area contributed by atoms with Crippen LogP contribution in [0.1, 0.15) is 20.7 Å². The second-order valence-corrected chi connectivity index (χ2v) is 5.78. The molecule has 6 heteroatoms. The molecule has 0 spiro atoms. The molecule has 0 aliphatic carbocycles. The first-order valence-corrected chi connectivity index (χ1v) is 7.56. The number of benzene rings is 2. The SMILES string of the molecule is CNC(=O)c1ccccc1NC(=O)c1ccc(I)c(Cl)c1. The number of anilines is 1. The van der Waals surface area contributed by atoms with Crippen molar-refractivity contribution in [1.29, 1.82) is 0 Å². The van der Waals surface area contributed by atoms with Crippen LogP contribution in [0.2, 0.25) is 5.02 Å². The topological polar surface area (TPSA) is 58.2 Å². The fourth-order valence-electron chi connectivity index (χ4n) is 1.76. The summed E-state index contributed by atoms with van der Waals surface area (Å²) in [5, 5.41) is 5.78. The van der Waals surface area contributed by atoms with Crippen LogP contribution in [0, 0.1) is 3.57 Å². The number of halogens is 2. The molecule has 2 rings (SSSR count). The van der Waals surface area contributed by atoms with Crippen LogP contribution in [0.4, 0.5) is 5.69 Å². The van der Waals surface area contributed by atoms with Gasteiger partial charge < -0.3 is 10.6 Å². The van der Waals surface area contributed by atoms with Crippen LogP contribution < -0.4 is 10.6 Å². The van der Waals surface area contributed by atoms with Crippen molar-refractivity contribution in [2.24, 2.45) is 0 Å². The van der Waals surface area contributed by atoms with Crippen LogP contribution in [-0.2, 0) is 0 Å². The fraction of sp³-hybridized carbons (Fsp3) is 0.0667. The molecule has 0 radical (unpaired) electrons. The zero-order chi connectivity index (χ0) is 15.4. The summed E-state index contributed by atoms with van der Waals surface area (Å²) < 4.78 is 0.872. The molecule has 2 amide bonds. The van der Waals surface area contributed by atoms with Crippen molar-refractivity contribution < 1.29 is 9.59 Å². The number of amides is 2. The average Bonchev–Trinajstić information content (AvgIpc) is 2.49. The van der Waals surface area contributed by atoms with Gasteiger partial charge in [0, 0.05) is 16.2 Å². The standard InChI is InChI=1S/C15H12ClIN2O2/c1-18-15(21)10-4-2-3-5-13(10)19-14(20)9-6-7-12(17)11(16)8-9/h2-8H,1H3,(H,18,21)(H,19,20). The lowest BCUT2D eigenvalue weighted by Gasteiger charge is -2.10. The molecular formula is C15H12ClIN2O2. The maximum Gasteiger partial charge on any atom is 0.255 e. The predicted octanol–water partition coefficient (Wildman–Crippen LogP) is 3.56. The van der Waals surface area contributed by atoms with Crippen LogP contribution in [-0.4, -0.2) is 18.9 Å². The molecule has 0 aliphatic rings. The highest BCUT2D eigenvalue weighted by Gasteiger charge is 2.13. The van der Waals surface area contributed by atoms with Gasteiger partial charge in [-0.3, -0.25) is 9.59 Å². The first-order chi connectivity index (χ1) is 10.0. The third kappa shape index (κ3) is 3.74. The molecule has 0 aromatic heterocycles. The fourth-order valence-corrected chi connectivity index (χ4v) is 2.27. The second-order valence-electron chi connectivity index (χ2n) is 4.21. The summed E-state index contributed by atoms with van der Waals surface area (Å²) in [5.41, 5.74) is 1.30. The molecule has 0 saturated heterocycles. The minimum atomic E-state index is -0.315. The average molecular weight is 415 g/mol. The summed E-state index contributed by atoms with van der Waals surface area (Å²) in [5.74, 6) is -0.573. The van der Waals surface area contributed by atoms with E-state index in [1.54, 1.807) is 49.5 Å². The lowest BCUT2D eigenvalue weighted by Crippen LogP contribution is -2.21. The smallest absolute Gasteiger partial charge is 0.255 e. The Labute approximate surface area is 141 Å². The molecule has 0 bridgehead atoms. The minimum Gasteiger partial charge on any atom is -0.355 e. The molecule has 0 unspecified atom stereocenters. The van der Waals surface area contributed by atoms with Gasteiger partial charge in [0.2, 0.25) is 0 Å². The Morgan fingerprint density at radius 3 is 2.48 bits per heavy atom. The molecule has 21 heavy (non-hydrogen) atoms. The predicted molar refractivity (Wildman–Crippen MR) is 92.0 cm³/mol. The van der Waals surface area contributed by atoms with Crippen molar-refractivity contribution in [3.63, 3.8) is 0 Å². The number of carbonyl (C=O) groups is 2. The van der Waals surface area contributed by atoms with Gasteiger partial charge in [-0.15, -0.1) is 0 Å². The Morgan fingerprint density at radius 2 is 1.81 bits per heavy atom. The largest absolute Gasteiger partial charge is 0.355 e. The summed E-state index contributed by atoms with van der Waals surface area (Å²) >= 11 is 8.10. The summed E-state index contributed by atoms with van der Waals surface area (Å²) in [6.45, 7) is 0. The van der Waals surface area contributed by atoms with Gasteiger partial charge in [0.05, 0.1) is 16.3 Å². The maximum atomic E-state index is 12.2. The molecule has 108 valence electrons. The van der Waals surface area contributed by atoms with Gasteiger partial charge in [-0.2, -0.15) is 0 Å². The van der Waals surface area contributed by atoms with E-state index in [2.05, 4.69) is 33.2 Å². The number of carbonyl (C=O) groups excluding carboxylic acids is 2. The van der Waals surface area contributed by atoms with E-state index in [1.165, 1.54) is 0 Å². The Hall–Kier alpha value is -1.60. The lowest BCUT2D eigenvalue weighted by molar-refractivity contribution is 0.0964. The molecule has 2 aromatic carbocycles. The first kappa shape index (κ1) is 15.8. The van der Waals surface area contributed by atoms with Crippen LogP contribution in [0.25, 0.3) is 0 Å². The number of hydrogen-bond donors (Lipinski definition) is 2. The molecule has 2 N–H and O–H groups in total. The van der Waals surface area contributed by atoms with Crippen molar-refractivity contribution in [3.05, 3.63) is 62.2 Å². The van der Waals surface area contributed by atoms with Crippen LogP contribution >= 0.6 is 34.2 Å². The normalized spacial score (nSPS) is 10.0. The van der Waals surface area contributed by atoms with E-state index in [-0.39, 0.29) is 11.8 Å². The van der Waals surface area contributed by atoms with E-state index in [4.69, 9.17) is 11.6 Å². The second kappa shape index (κ2) is 6.91. The lowest BCUT2D eigenvalue weighted by atomic mass is 10.1. The van der Waals surface area contributed by atoms with Gasteiger partial charge in [-0.05, 0) is 52.9 Å². The highest BCUT2D eigenvalue weighted by molar-refractivity contribution is 14.1. The van der Waals surface area contributed by atoms with E-state index < -0.39 is 0 Å². The summed E-state index contributed by atoms with van der Waals surface area (Å²) in [6, 6.07) is 11.9. The van der Waals surface area contributed by atoms with Crippen LogP contribution in [0.15, 0.2) is 42.5 Å². The van der Waals surface area contributed by atoms with Gasteiger partial charge in [-0.25, -0.2) is 0 Å². The highest BCUT2D eigenvalue weighted by atomic mass is 127. The van der Waals surface area contributed by atoms with Gasteiger partial charge >= 0.3 is 0 Å². The van der Waals surface area contributed by atoms with Gasteiger partial charge in [0.25, 0.3) is 11.8 Å². The van der Waals surface area contributed by atoms with E-state index >= 15 is 0 Å². The molecule has 0 atom stereocenters. The van der Waals surface area contributed by atoms with Crippen molar-refractivity contribution >= 4 is 51.7 Å². The molecular weight excluding hydrogens is 403 g/mol. The molecule has 2 aromatic rings. The van der Waals surface area contributed by atoms with Gasteiger partial charge in [0.1, 0.15) is 0 Å². The summed E-state index contributed by atoms with van der Waals surface area (Å²) in [6.07, 6.45) is 0. The first-order valence-electron chi connectivity index (χ1n) is 6.10. The van der Waals surface area contributed by atoms with Crippen LogP contribution in [0.5, 0.6) is 0 Å². The zero-order valence-corrected chi connectivity index (χ0v) is 14.0. The van der Waals surface area contributed by atoms with E-state index in [9.17, 15) is 9.59 Å². The number of hydrogen-bond acceptors (Lipinski definition) is 2. The van der Waals surface area contributed by atoms with Gasteiger partial charge in [-0.1, -0.05) is 23.7 Å². The quantitative estimate of drug-likeness (QED) is 0.755. The van der Waals surface area contributed by atoms with Crippen LogP contribution in [0.3, 0.4) is 0 Å². The molecule has 0 heterocycles. The van der Waals surface area contributed by atoms with Crippen molar-refractivity contribution in [2.45, 2.75) is 0 Å². The molecule has 0 fully saturated rings. The monoisotopic (exact) mass is 414 g/mol. The highest BCUT2D eigenvalue weighted by Crippen LogP contribution is 2.21. The Balaban J connectivity index is 2.27. The minimum absolute atomic E-state index is 0.258. The summed E-state index contributed by atoms with van der Waals surface area (Å²) in [7, 11) is 1.54. The summed E-state index contributed by atoms with van der Waals surface area (Å²) in [4.78, 5) is 24.0. The third-order valence-corrected chi connectivity index (χ3v) is 4.40. The molecule has 0 saturated carbocycles. The number of para-hydroxylation sites is 1. The van der Waals surface area contributed by atoms with E-state index in [0.717, 1.165) is 3.57 Å². The number of nitrogens with one attached hydrogen (secondary N) is 2.